The summed E-state index contributed by atoms with van der Waals surface area (Å²) in [5.74, 6) is 0. The van der Waals surface area contributed by atoms with Gasteiger partial charge < -0.3 is 0 Å². The quantitative estimate of drug-likeness (QED) is 0.687. The minimum absolute atomic E-state index is 1.15. The van der Waals surface area contributed by atoms with Crippen molar-refractivity contribution in [1.29, 1.82) is 0 Å². The molecule has 13 heavy (non-hydrogen) atoms. The number of hydrogen-bond donors (Lipinski definition) is 0. The third-order valence-electron chi connectivity index (χ3n) is 2.60. The summed E-state index contributed by atoms with van der Waals surface area (Å²) in [6.07, 6.45) is 5.91. The Hall–Kier alpha value is -0.560. The van der Waals surface area contributed by atoms with Crippen LogP contribution in [0, 0.1) is 0 Å². The number of allylic oxidation sites excluding steroid dienone is 2. The van der Waals surface area contributed by atoms with Crippen LogP contribution in [0.4, 0.5) is 0 Å². The molecule has 0 unspecified atom stereocenters. The molecule has 1 aromatic carbocycles. The molecule has 68 valence electrons. The highest BCUT2D eigenvalue weighted by molar-refractivity contribution is 9.10. The van der Waals surface area contributed by atoms with Gasteiger partial charge in [-0.2, -0.15) is 0 Å². The van der Waals surface area contributed by atoms with Gasteiger partial charge >= 0.3 is 0 Å². The van der Waals surface area contributed by atoms with Crippen LogP contribution in [-0.4, -0.2) is 0 Å². The normalized spacial score (nSPS) is 15.1. The average Bonchev–Trinajstić information content (AvgIpc) is 2.16. The lowest BCUT2D eigenvalue weighted by Crippen LogP contribution is -1.98. The maximum atomic E-state index is 3.51. The average molecular weight is 237 g/mol. The summed E-state index contributed by atoms with van der Waals surface area (Å²) in [5.41, 5.74) is 4.46. The van der Waals surface area contributed by atoms with Gasteiger partial charge in [0.15, 0.2) is 0 Å². The lowest BCUT2D eigenvalue weighted by molar-refractivity contribution is 0.961. The van der Waals surface area contributed by atoms with Crippen molar-refractivity contribution in [3.63, 3.8) is 0 Å². The van der Waals surface area contributed by atoms with Crippen LogP contribution in [0.2, 0.25) is 0 Å². The van der Waals surface area contributed by atoms with E-state index in [1.54, 1.807) is 0 Å². The first kappa shape index (κ1) is 9.01. The van der Waals surface area contributed by atoms with Gasteiger partial charge in [0.2, 0.25) is 0 Å². The van der Waals surface area contributed by atoms with Gasteiger partial charge in [0.05, 0.1) is 0 Å². The van der Waals surface area contributed by atoms with E-state index in [9.17, 15) is 0 Å². The van der Waals surface area contributed by atoms with Gasteiger partial charge in [-0.05, 0) is 48.1 Å². The lowest BCUT2D eigenvalue weighted by atomic mass is 9.90. The molecule has 1 aliphatic carbocycles. The molecule has 0 nitrogen and oxygen atoms in total. The van der Waals surface area contributed by atoms with E-state index in [-0.39, 0.29) is 0 Å². The third-order valence-corrected chi connectivity index (χ3v) is 3.09. The Kier molecular flexibility index (Phi) is 2.54. The molecular formula is C12H13Br. The highest BCUT2D eigenvalue weighted by Crippen LogP contribution is 2.30. The summed E-state index contributed by atoms with van der Waals surface area (Å²) in [6.45, 7) is 2.23. The van der Waals surface area contributed by atoms with Gasteiger partial charge in [-0.1, -0.05) is 35.0 Å². The first-order valence-electron chi connectivity index (χ1n) is 4.79. The van der Waals surface area contributed by atoms with Crippen LogP contribution in [0.3, 0.4) is 0 Å². The fraction of sp³-hybridized carbons (Fsp3) is 0.333. The summed E-state index contributed by atoms with van der Waals surface area (Å²) >= 11 is 3.51. The van der Waals surface area contributed by atoms with E-state index in [1.807, 2.05) is 0 Å². The second-order valence-corrected chi connectivity index (χ2v) is 4.34. The van der Waals surface area contributed by atoms with E-state index in [2.05, 4.69) is 47.1 Å². The lowest BCUT2D eigenvalue weighted by Gasteiger charge is -2.16. The minimum atomic E-state index is 1.15. The van der Waals surface area contributed by atoms with E-state index in [0.717, 1.165) is 6.42 Å². The zero-order valence-electron chi connectivity index (χ0n) is 7.81. The van der Waals surface area contributed by atoms with Crippen LogP contribution in [0.5, 0.6) is 0 Å². The zero-order chi connectivity index (χ0) is 9.26. The van der Waals surface area contributed by atoms with Crippen molar-refractivity contribution in [2.24, 2.45) is 0 Å². The highest BCUT2D eigenvalue weighted by Gasteiger charge is 2.10. The van der Waals surface area contributed by atoms with Gasteiger partial charge in [-0.3, -0.25) is 0 Å². The van der Waals surface area contributed by atoms with E-state index in [1.165, 1.54) is 34.0 Å². The fourth-order valence-corrected chi connectivity index (χ4v) is 2.34. The summed E-state index contributed by atoms with van der Waals surface area (Å²) in [5, 5.41) is 0. The predicted molar refractivity (Wildman–Crippen MR) is 60.7 cm³/mol. The molecule has 0 atom stereocenters. The Bertz CT molecular complexity index is 350. The van der Waals surface area contributed by atoms with Crippen LogP contribution in [0.25, 0.3) is 5.57 Å². The fourth-order valence-electron chi connectivity index (χ4n) is 1.93. The molecule has 0 bridgehead atoms. The van der Waals surface area contributed by atoms with E-state index < -0.39 is 0 Å². The Balaban J connectivity index is 2.49. The van der Waals surface area contributed by atoms with Crippen molar-refractivity contribution < 1.29 is 0 Å². The molecule has 0 spiro atoms. The van der Waals surface area contributed by atoms with Crippen LogP contribution in [0.15, 0.2) is 28.7 Å². The number of rotatable bonds is 1. The molecule has 1 aromatic rings. The van der Waals surface area contributed by atoms with Gasteiger partial charge in [0, 0.05) is 4.47 Å². The van der Waals surface area contributed by atoms with Crippen molar-refractivity contribution in [1.82, 2.24) is 0 Å². The molecule has 0 heterocycles. The number of hydrogen-bond acceptors (Lipinski definition) is 0. The van der Waals surface area contributed by atoms with Gasteiger partial charge in [-0.15, -0.1) is 0 Å². The van der Waals surface area contributed by atoms with Crippen molar-refractivity contribution in [3.05, 3.63) is 39.9 Å². The summed E-state index contributed by atoms with van der Waals surface area (Å²) in [6, 6.07) is 6.61. The minimum Gasteiger partial charge on any atom is -0.0804 e. The largest absolute Gasteiger partial charge is 0.0804 e. The van der Waals surface area contributed by atoms with E-state index >= 15 is 0 Å². The van der Waals surface area contributed by atoms with E-state index in [4.69, 9.17) is 0 Å². The number of halogens is 1. The molecule has 0 saturated heterocycles. The molecule has 2 rings (SSSR count). The molecule has 0 N–H and O–H groups in total. The SMILES string of the molecule is CCC1=CCCc2cc(Br)ccc21. The van der Waals surface area contributed by atoms with E-state index in [0.29, 0.717) is 0 Å². The standard InChI is InChI=1S/C12H13Br/c1-2-9-4-3-5-10-8-11(13)6-7-12(9)10/h4,6-8H,2-3,5H2,1H3. The van der Waals surface area contributed by atoms with Crippen molar-refractivity contribution in [2.45, 2.75) is 26.2 Å². The van der Waals surface area contributed by atoms with Crippen LogP contribution >= 0.6 is 15.9 Å². The molecule has 0 saturated carbocycles. The second-order valence-electron chi connectivity index (χ2n) is 3.42. The molecule has 0 radical (unpaired) electrons. The summed E-state index contributed by atoms with van der Waals surface area (Å²) in [4.78, 5) is 0. The molecule has 0 aliphatic heterocycles. The highest BCUT2D eigenvalue weighted by atomic mass is 79.9. The number of aryl methyl sites for hydroxylation is 1. The second kappa shape index (κ2) is 3.67. The maximum Gasteiger partial charge on any atom is 0.0178 e. The molecule has 1 aliphatic rings. The van der Waals surface area contributed by atoms with Gasteiger partial charge in [0.1, 0.15) is 0 Å². The number of benzene rings is 1. The Labute approximate surface area is 87.8 Å². The smallest absolute Gasteiger partial charge is 0.0178 e. The van der Waals surface area contributed by atoms with Crippen molar-refractivity contribution in [2.75, 3.05) is 0 Å². The third kappa shape index (κ3) is 1.71. The molecule has 0 amide bonds. The van der Waals surface area contributed by atoms with Crippen molar-refractivity contribution >= 4 is 21.5 Å². The molecular weight excluding hydrogens is 224 g/mol. The maximum absolute atomic E-state index is 3.51. The predicted octanol–water partition coefficient (Wildman–Crippen LogP) is 4.19. The molecule has 0 aromatic heterocycles. The zero-order valence-corrected chi connectivity index (χ0v) is 9.39. The monoisotopic (exact) mass is 236 g/mol. The van der Waals surface area contributed by atoms with Crippen LogP contribution in [0.1, 0.15) is 30.9 Å². The molecule has 1 heteroatoms. The Morgan fingerprint density at radius 1 is 1.38 bits per heavy atom. The summed E-state index contributed by atoms with van der Waals surface area (Å²) < 4.78 is 1.20. The van der Waals surface area contributed by atoms with Crippen molar-refractivity contribution in [3.8, 4) is 0 Å². The Morgan fingerprint density at radius 3 is 3.00 bits per heavy atom. The molecule has 0 fully saturated rings. The topological polar surface area (TPSA) is 0 Å². The van der Waals surface area contributed by atoms with Gasteiger partial charge in [-0.25, -0.2) is 0 Å². The first-order valence-corrected chi connectivity index (χ1v) is 5.58. The number of fused-ring (bicyclic) bond motifs is 1. The van der Waals surface area contributed by atoms with Crippen LogP contribution in [-0.2, 0) is 6.42 Å². The summed E-state index contributed by atoms with van der Waals surface area (Å²) in [7, 11) is 0. The van der Waals surface area contributed by atoms with Gasteiger partial charge in [0.25, 0.3) is 0 Å². The van der Waals surface area contributed by atoms with Crippen LogP contribution < -0.4 is 0 Å². The first-order chi connectivity index (χ1) is 6.31. The Morgan fingerprint density at radius 2 is 2.23 bits per heavy atom.